The highest BCUT2D eigenvalue weighted by atomic mass is 35.5. The number of benzene rings is 1. The normalized spacial score (nSPS) is 24.5. The average molecular weight is 256 g/mol. The Balaban J connectivity index is 2.23. The molecule has 2 rings (SSSR count). The molecule has 1 aromatic rings. The Morgan fingerprint density at radius 2 is 2.06 bits per heavy atom. The minimum Gasteiger partial charge on any atom is -0.352 e. The number of carbonyl (C=O) groups is 1. The van der Waals surface area contributed by atoms with Crippen LogP contribution < -0.4 is 5.32 Å². The first-order valence-corrected chi connectivity index (χ1v) is 5.89. The molecule has 4 heteroatoms. The summed E-state index contributed by atoms with van der Waals surface area (Å²) in [5.74, 6) is -0.185. The topological polar surface area (TPSA) is 29.1 Å². The van der Waals surface area contributed by atoms with E-state index in [-0.39, 0.29) is 17.2 Å². The van der Waals surface area contributed by atoms with Crippen molar-refractivity contribution in [2.24, 2.45) is 5.92 Å². The molecule has 0 aromatic heterocycles. The maximum atomic E-state index is 11.4. The van der Waals surface area contributed by atoms with Gasteiger partial charge in [-0.1, -0.05) is 41.9 Å². The van der Waals surface area contributed by atoms with Crippen LogP contribution in [0.2, 0.25) is 0 Å². The van der Waals surface area contributed by atoms with Crippen molar-refractivity contribution in [2.75, 3.05) is 6.54 Å². The van der Waals surface area contributed by atoms with Gasteiger partial charge in [0.1, 0.15) is 0 Å². The molecule has 0 aliphatic carbocycles. The molecular formula is C12H11Cl2NO. The van der Waals surface area contributed by atoms with Crippen LogP contribution >= 0.6 is 23.2 Å². The van der Waals surface area contributed by atoms with Gasteiger partial charge >= 0.3 is 0 Å². The Labute approximate surface area is 104 Å². The van der Waals surface area contributed by atoms with Gasteiger partial charge in [0, 0.05) is 23.6 Å². The van der Waals surface area contributed by atoms with E-state index in [0.29, 0.717) is 12.1 Å². The van der Waals surface area contributed by atoms with Crippen molar-refractivity contribution < 1.29 is 4.79 Å². The Morgan fingerprint density at radius 1 is 1.38 bits per heavy atom. The minimum atomic E-state index is -0.231. The molecule has 0 bridgehead atoms. The van der Waals surface area contributed by atoms with Crippen LogP contribution in [0.1, 0.15) is 10.9 Å². The van der Waals surface area contributed by atoms with Crippen LogP contribution in [-0.2, 0) is 4.79 Å². The Kier molecular flexibility index (Phi) is 3.52. The molecule has 84 valence electrons. The molecule has 1 saturated heterocycles. The van der Waals surface area contributed by atoms with Gasteiger partial charge in [-0.3, -0.25) is 4.79 Å². The number of nitrogens with one attached hydrogen (secondary N) is 1. The summed E-state index contributed by atoms with van der Waals surface area (Å²) in [5.41, 5.74) is 2.89. The lowest BCUT2D eigenvalue weighted by Crippen LogP contribution is -2.15. The quantitative estimate of drug-likeness (QED) is 0.639. The molecule has 1 aromatic carbocycles. The molecule has 16 heavy (non-hydrogen) atoms. The first kappa shape index (κ1) is 11.5. The third kappa shape index (κ3) is 2.08. The van der Waals surface area contributed by atoms with E-state index in [1.54, 1.807) is 0 Å². The number of alkyl halides is 1. The van der Waals surface area contributed by atoms with E-state index in [1.807, 2.05) is 30.3 Å². The lowest BCUT2D eigenvalue weighted by Gasteiger charge is -2.16. The van der Waals surface area contributed by atoms with Crippen molar-refractivity contribution in [3.05, 3.63) is 47.0 Å². The van der Waals surface area contributed by atoms with E-state index < -0.39 is 0 Å². The van der Waals surface area contributed by atoms with Gasteiger partial charge in [-0.15, -0.1) is 11.6 Å². The Bertz CT molecular complexity index is 416. The molecule has 0 spiro atoms. The van der Waals surface area contributed by atoms with E-state index in [1.165, 1.54) is 5.54 Å². The molecule has 2 nitrogen and oxygen atoms in total. The monoisotopic (exact) mass is 255 g/mol. The predicted molar refractivity (Wildman–Crippen MR) is 65.5 cm³/mol. The minimum absolute atomic E-state index is 0.0610. The molecule has 0 radical (unpaired) electrons. The maximum Gasteiger partial charge on any atom is 0.248 e. The fourth-order valence-electron chi connectivity index (χ4n) is 1.84. The zero-order chi connectivity index (χ0) is 11.5. The van der Waals surface area contributed by atoms with Crippen LogP contribution in [0.5, 0.6) is 0 Å². The van der Waals surface area contributed by atoms with E-state index in [4.69, 9.17) is 23.2 Å². The Morgan fingerprint density at radius 3 is 2.69 bits per heavy atom. The standard InChI is InChI=1S/C12H11Cl2NO/c13-6-9-10(7-15-12(9)16)11(14)8-4-2-1-3-5-8/h1-6,10-11H,7H2,(H,15,16)/b9-6+. The van der Waals surface area contributed by atoms with Crippen molar-refractivity contribution in [3.63, 3.8) is 0 Å². The van der Waals surface area contributed by atoms with Crippen LogP contribution in [0.4, 0.5) is 0 Å². The highest BCUT2D eigenvalue weighted by Gasteiger charge is 2.33. The van der Waals surface area contributed by atoms with Gasteiger partial charge < -0.3 is 5.32 Å². The fourth-order valence-corrected chi connectivity index (χ4v) is 2.48. The van der Waals surface area contributed by atoms with E-state index in [0.717, 1.165) is 5.56 Å². The summed E-state index contributed by atoms with van der Waals surface area (Å²) in [6.07, 6.45) is 0. The molecule has 0 saturated carbocycles. The summed E-state index contributed by atoms with van der Waals surface area (Å²) >= 11 is 12.0. The summed E-state index contributed by atoms with van der Waals surface area (Å²) in [7, 11) is 0. The van der Waals surface area contributed by atoms with Gasteiger partial charge in [-0.25, -0.2) is 0 Å². The third-order valence-corrected chi connectivity index (χ3v) is 3.52. The number of carbonyl (C=O) groups excluding carboxylic acids is 1. The third-order valence-electron chi connectivity index (χ3n) is 2.73. The smallest absolute Gasteiger partial charge is 0.248 e. The van der Waals surface area contributed by atoms with Crippen molar-refractivity contribution >= 4 is 29.1 Å². The molecule has 1 N–H and O–H groups in total. The lowest BCUT2D eigenvalue weighted by molar-refractivity contribution is -0.116. The molecular weight excluding hydrogens is 245 g/mol. The van der Waals surface area contributed by atoms with Crippen LogP contribution in [0.25, 0.3) is 0 Å². The SMILES string of the molecule is O=C1NCC(C(Cl)c2ccccc2)/C1=C\Cl. The van der Waals surface area contributed by atoms with Gasteiger partial charge in [0.2, 0.25) is 5.91 Å². The second-order valence-corrected chi connectivity index (χ2v) is 4.38. The number of amides is 1. The maximum absolute atomic E-state index is 11.4. The summed E-state index contributed by atoms with van der Waals surface area (Å²) < 4.78 is 0. The van der Waals surface area contributed by atoms with Crippen molar-refractivity contribution in [3.8, 4) is 0 Å². The predicted octanol–water partition coefficient (Wildman–Crippen LogP) is 2.84. The number of hydrogen-bond donors (Lipinski definition) is 1. The van der Waals surface area contributed by atoms with Crippen molar-refractivity contribution in [1.82, 2.24) is 5.32 Å². The van der Waals surface area contributed by atoms with Crippen molar-refractivity contribution in [1.29, 1.82) is 0 Å². The number of rotatable bonds is 2. The molecule has 1 amide bonds. The molecule has 2 unspecified atom stereocenters. The number of hydrogen-bond acceptors (Lipinski definition) is 1. The second-order valence-electron chi connectivity index (χ2n) is 3.69. The van der Waals surface area contributed by atoms with Crippen molar-refractivity contribution in [2.45, 2.75) is 5.38 Å². The fraction of sp³-hybridized carbons (Fsp3) is 0.250. The van der Waals surface area contributed by atoms with Crippen LogP contribution in [0.3, 0.4) is 0 Å². The zero-order valence-electron chi connectivity index (χ0n) is 8.49. The first-order chi connectivity index (χ1) is 7.74. The van der Waals surface area contributed by atoms with E-state index in [2.05, 4.69) is 5.32 Å². The summed E-state index contributed by atoms with van der Waals surface area (Å²) in [5, 5.41) is 2.51. The van der Waals surface area contributed by atoms with Gasteiger partial charge in [0.25, 0.3) is 0 Å². The summed E-state index contributed by atoms with van der Waals surface area (Å²) in [4.78, 5) is 11.4. The largest absolute Gasteiger partial charge is 0.352 e. The van der Waals surface area contributed by atoms with Gasteiger partial charge in [0.05, 0.1) is 5.38 Å². The van der Waals surface area contributed by atoms with Crippen LogP contribution in [0.15, 0.2) is 41.4 Å². The van der Waals surface area contributed by atoms with Crippen LogP contribution in [0, 0.1) is 5.92 Å². The summed E-state index contributed by atoms with van der Waals surface area (Å²) in [6.45, 7) is 0.542. The van der Waals surface area contributed by atoms with Crippen LogP contribution in [-0.4, -0.2) is 12.5 Å². The van der Waals surface area contributed by atoms with Gasteiger partial charge in [0.15, 0.2) is 0 Å². The molecule has 1 heterocycles. The highest BCUT2D eigenvalue weighted by Crippen LogP contribution is 2.36. The molecule has 1 aliphatic rings. The van der Waals surface area contributed by atoms with E-state index >= 15 is 0 Å². The Hall–Kier alpha value is -0.990. The lowest BCUT2D eigenvalue weighted by atomic mass is 9.94. The van der Waals surface area contributed by atoms with Gasteiger partial charge in [-0.2, -0.15) is 0 Å². The average Bonchev–Trinajstić information content (AvgIpc) is 2.70. The van der Waals surface area contributed by atoms with E-state index in [9.17, 15) is 4.79 Å². The molecule has 2 atom stereocenters. The zero-order valence-corrected chi connectivity index (χ0v) is 10.0. The molecule has 1 fully saturated rings. The second kappa shape index (κ2) is 4.89. The highest BCUT2D eigenvalue weighted by molar-refractivity contribution is 6.28. The van der Waals surface area contributed by atoms with Gasteiger partial charge in [-0.05, 0) is 5.56 Å². The summed E-state index contributed by atoms with van der Waals surface area (Å²) in [6, 6.07) is 9.69. The first-order valence-electron chi connectivity index (χ1n) is 5.01. The number of halogens is 2. The molecule has 1 aliphatic heterocycles.